The van der Waals surface area contributed by atoms with Crippen molar-refractivity contribution in [2.24, 2.45) is 0 Å². The molecule has 1 aromatic carbocycles. The van der Waals surface area contributed by atoms with Gasteiger partial charge in [0.1, 0.15) is 17.5 Å². The average Bonchev–Trinajstić information content (AvgIpc) is 2.96. The van der Waals surface area contributed by atoms with E-state index in [2.05, 4.69) is 10.3 Å². The number of aromatic carboxylic acids is 1. The number of anilines is 1. The zero-order valence-corrected chi connectivity index (χ0v) is 11.4. The maximum atomic E-state index is 11.2. The Morgan fingerprint density at radius 3 is 2.81 bits per heavy atom. The quantitative estimate of drug-likeness (QED) is 0.903. The van der Waals surface area contributed by atoms with Gasteiger partial charge in [-0.15, -0.1) is 0 Å². The minimum absolute atomic E-state index is 0.0143. The van der Waals surface area contributed by atoms with E-state index in [1.54, 1.807) is 18.3 Å². The van der Waals surface area contributed by atoms with Gasteiger partial charge in [-0.25, -0.2) is 9.78 Å². The number of carbonyl (C=O) groups is 1. The van der Waals surface area contributed by atoms with Gasteiger partial charge in [0.25, 0.3) is 0 Å². The Morgan fingerprint density at radius 1 is 1.24 bits per heavy atom. The van der Waals surface area contributed by atoms with Crippen LogP contribution in [0.2, 0.25) is 0 Å². The van der Waals surface area contributed by atoms with E-state index in [4.69, 9.17) is 4.74 Å². The maximum Gasteiger partial charge on any atom is 0.339 e. The normalized spacial score (nSPS) is 21.1. The second-order valence-corrected chi connectivity index (χ2v) is 4.95. The molecular weight excluding hydrogens is 268 g/mol. The minimum atomic E-state index is -0.985. The largest absolute Gasteiger partial charge is 0.478 e. The van der Waals surface area contributed by atoms with E-state index < -0.39 is 5.97 Å². The molecule has 0 bridgehead atoms. The molecule has 0 unspecified atom stereocenters. The van der Waals surface area contributed by atoms with E-state index >= 15 is 0 Å². The number of benzene rings is 1. The summed E-state index contributed by atoms with van der Waals surface area (Å²) in [6, 6.07) is 13.1. The van der Waals surface area contributed by atoms with Gasteiger partial charge in [0, 0.05) is 12.8 Å². The van der Waals surface area contributed by atoms with Crippen LogP contribution in [0.4, 0.5) is 5.82 Å². The van der Waals surface area contributed by atoms with Crippen molar-refractivity contribution in [1.82, 2.24) is 4.98 Å². The Balaban J connectivity index is 1.83. The maximum absolute atomic E-state index is 11.2. The van der Waals surface area contributed by atoms with Gasteiger partial charge in [0.05, 0.1) is 6.04 Å². The highest BCUT2D eigenvalue weighted by atomic mass is 16.5. The Labute approximate surface area is 122 Å². The first-order valence-electron chi connectivity index (χ1n) is 6.87. The van der Waals surface area contributed by atoms with Crippen molar-refractivity contribution in [2.45, 2.75) is 18.6 Å². The van der Waals surface area contributed by atoms with Crippen LogP contribution in [-0.2, 0) is 4.74 Å². The van der Waals surface area contributed by atoms with E-state index in [-0.39, 0.29) is 17.7 Å². The molecule has 2 heterocycles. The molecule has 2 atom stereocenters. The molecule has 0 radical (unpaired) electrons. The van der Waals surface area contributed by atoms with Gasteiger partial charge in [-0.2, -0.15) is 0 Å². The van der Waals surface area contributed by atoms with E-state index in [9.17, 15) is 9.90 Å². The summed E-state index contributed by atoms with van der Waals surface area (Å²) >= 11 is 0. The summed E-state index contributed by atoms with van der Waals surface area (Å²) in [6.07, 6.45) is 2.31. The number of aromatic nitrogens is 1. The Hall–Kier alpha value is -2.40. The number of carboxylic acids is 1. The van der Waals surface area contributed by atoms with Crippen LogP contribution in [0.1, 0.15) is 28.4 Å². The van der Waals surface area contributed by atoms with Crippen LogP contribution in [0.25, 0.3) is 0 Å². The summed E-state index contributed by atoms with van der Waals surface area (Å²) in [5, 5.41) is 12.4. The lowest BCUT2D eigenvalue weighted by Gasteiger charge is -2.21. The first-order valence-corrected chi connectivity index (χ1v) is 6.87. The summed E-state index contributed by atoms with van der Waals surface area (Å²) in [5.41, 5.74) is 1.26. The zero-order valence-electron chi connectivity index (χ0n) is 11.4. The summed E-state index contributed by atoms with van der Waals surface area (Å²) in [6.45, 7) is 0.645. The van der Waals surface area contributed by atoms with Crippen LogP contribution in [0.3, 0.4) is 0 Å². The minimum Gasteiger partial charge on any atom is -0.478 e. The fraction of sp³-hybridized carbons (Fsp3) is 0.250. The average molecular weight is 284 g/mol. The molecule has 0 aliphatic carbocycles. The van der Waals surface area contributed by atoms with E-state index in [1.165, 1.54) is 0 Å². The fourth-order valence-corrected chi connectivity index (χ4v) is 2.58. The van der Waals surface area contributed by atoms with Crippen molar-refractivity contribution in [1.29, 1.82) is 0 Å². The van der Waals surface area contributed by atoms with E-state index in [0.717, 1.165) is 12.0 Å². The molecule has 5 nitrogen and oxygen atoms in total. The molecule has 2 aromatic rings. The first kappa shape index (κ1) is 13.6. The Kier molecular flexibility index (Phi) is 3.83. The van der Waals surface area contributed by atoms with Crippen LogP contribution in [-0.4, -0.2) is 28.7 Å². The van der Waals surface area contributed by atoms with Crippen molar-refractivity contribution in [2.75, 3.05) is 11.9 Å². The lowest BCUT2D eigenvalue weighted by atomic mass is 10.0. The molecule has 108 valence electrons. The summed E-state index contributed by atoms with van der Waals surface area (Å²) in [5.74, 6) is -0.595. The lowest BCUT2D eigenvalue weighted by Crippen LogP contribution is -2.25. The number of hydrogen-bond acceptors (Lipinski definition) is 4. The predicted octanol–water partition coefficient (Wildman–Crippen LogP) is 2.72. The van der Waals surface area contributed by atoms with Gasteiger partial charge in [-0.1, -0.05) is 30.3 Å². The number of ether oxygens (including phenoxy) is 1. The summed E-state index contributed by atoms with van der Waals surface area (Å²) in [4.78, 5) is 15.4. The van der Waals surface area contributed by atoms with Crippen molar-refractivity contribution >= 4 is 11.8 Å². The van der Waals surface area contributed by atoms with Gasteiger partial charge >= 0.3 is 5.97 Å². The third-order valence-corrected chi connectivity index (χ3v) is 3.58. The number of pyridine rings is 1. The second kappa shape index (κ2) is 5.93. The predicted molar refractivity (Wildman–Crippen MR) is 78.4 cm³/mol. The van der Waals surface area contributed by atoms with Gasteiger partial charge in [0.15, 0.2) is 0 Å². The highest BCUT2D eigenvalue weighted by Crippen LogP contribution is 2.31. The van der Waals surface area contributed by atoms with Crippen molar-refractivity contribution < 1.29 is 14.6 Å². The van der Waals surface area contributed by atoms with Gasteiger partial charge < -0.3 is 15.2 Å². The number of nitrogens with zero attached hydrogens (tertiary/aromatic N) is 1. The SMILES string of the molecule is O=C(O)c1cccnc1N[C@@H]1CCO[C@H]1c1ccccc1. The molecule has 1 saturated heterocycles. The molecule has 0 saturated carbocycles. The van der Waals surface area contributed by atoms with Crippen molar-refractivity contribution in [3.8, 4) is 0 Å². The third kappa shape index (κ3) is 2.87. The molecule has 1 aromatic heterocycles. The second-order valence-electron chi connectivity index (χ2n) is 4.95. The number of hydrogen-bond donors (Lipinski definition) is 2. The highest BCUT2D eigenvalue weighted by Gasteiger charge is 2.30. The molecule has 5 heteroatoms. The lowest BCUT2D eigenvalue weighted by molar-refractivity contribution is 0.0697. The number of nitrogens with one attached hydrogen (secondary N) is 1. The summed E-state index contributed by atoms with van der Waals surface area (Å²) in [7, 11) is 0. The Morgan fingerprint density at radius 2 is 2.05 bits per heavy atom. The monoisotopic (exact) mass is 284 g/mol. The van der Waals surface area contributed by atoms with E-state index in [0.29, 0.717) is 12.4 Å². The highest BCUT2D eigenvalue weighted by molar-refractivity contribution is 5.93. The summed E-state index contributed by atoms with van der Waals surface area (Å²) < 4.78 is 5.79. The van der Waals surface area contributed by atoms with Gasteiger partial charge in [0.2, 0.25) is 0 Å². The molecule has 1 aliphatic rings. The van der Waals surface area contributed by atoms with Crippen molar-refractivity contribution in [3.63, 3.8) is 0 Å². The molecule has 1 fully saturated rings. The van der Waals surface area contributed by atoms with E-state index in [1.807, 2.05) is 30.3 Å². The first-order chi connectivity index (χ1) is 10.3. The molecule has 0 amide bonds. The van der Waals surface area contributed by atoms with Gasteiger partial charge in [-0.3, -0.25) is 0 Å². The molecule has 2 N–H and O–H groups in total. The molecular formula is C16H16N2O3. The fourth-order valence-electron chi connectivity index (χ4n) is 2.58. The van der Waals surface area contributed by atoms with Crippen LogP contribution in [0.15, 0.2) is 48.7 Å². The molecule has 0 spiro atoms. The van der Waals surface area contributed by atoms with Gasteiger partial charge in [-0.05, 0) is 24.1 Å². The smallest absolute Gasteiger partial charge is 0.339 e. The molecule has 3 rings (SSSR count). The van der Waals surface area contributed by atoms with Crippen LogP contribution >= 0.6 is 0 Å². The molecule has 1 aliphatic heterocycles. The zero-order chi connectivity index (χ0) is 14.7. The number of rotatable bonds is 4. The Bertz CT molecular complexity index is 630. The van der Waals surface area contributed by atoms with Crippen molar-refractivity contribution in [3.05, 3.63) is 59.8 Å². The molecule has 21 heavy (non-hydrogen) atoms. The third-order valence-electron chi connectivity index (χ3n) is 3.58. The standard InChI is InChI=1S/C16H16N2O3/c19-16(20)12-7-4-9-17-15(12)18-13-8-10-21-14(13)11-5-2-1-3-6-11/h1-7,9,13-14H,8,10H2,(H,17,18)(H,19,20)/t13-,14+/m1/s1. The van der Waals surface area contributed by atoms with Crippen LogP contribution in [0, 0.1) is 0 Å². The van der Waals surface area contributed by atoms with Crippen LogP contribution in [0.5, 0.6) is 0 Å². The number of carboxylic acid groups (broad SMARTS) is 1. The van der Waals surface area contributed by atoms with Crippen LogP contribution < -0.4 is 5.32 Å². The topological polar surface area (TPSA) is 71.5 Å².